The first-order chi connectivity index (χ1) is 5.29. The van der Waals surface area contributed by atoms with Gasteiger partial charge in [0.15, 0.2) is 11.6 Å². The second-order valence-electron chi connectivity index (χ2n) is 2.85. The predicted octanol–water partition coefficient (Wildman–Crippen LogP) is 1.42. The fourth-order valence-corrected chi connectivity index (χ4v) is 1.55. The molecule has 1 unspecified atom stereocenters. The van der Waals surface area contributed by atoms with Crippen LogP contribution in [0.15, 0.2) is 16.4 Å². The van der Waals surface area contributed by atoms with Crippen LogP contribution in [0.25, 0.3) is 0 Å². The van der Waals surface area contributed by atoms with E-state index in [1.807, 2.05) is 0 Å². The quantitative estimate of drug-likeness (QED) is 0.517. The van der Waals surface area contributed by atoms with E-state index in [1.165, 1.54) is 0 Å². The second kappa shape index (κ2) is 2.26. The number of nitrogens with zero attached hydrogens (tertiary/aromatic N) is 1. The topological polar surface area (TPSA) is 29.4 Å². The molecule has 0 aromatic carbocycles. The largest absolute Gasteiger partial charge is 0.292 e. The summed E-state index contributed by atoms with van der Waals surface area (Å²) in [5, 5.41) is 0. The summed E-state index contributed by atoms with van der Waals surface area (Å²) in [4.78, 5) is 14.9. The Labute approximate surface area is 63.8 Å². The molecule has 1 heterocycles. The SMILES string of the molecule is O=C1CCC2N=CCC2=C1F. The van der Waals surface area contributed by atoms with E-state index >= 15 is 0 Å². The molecule has 0 bridgehead atoms. The zero-order valence-electron chi connectivity index (χ0n) is 6.01. The third-order valence-corrected chi connectivity index (χ3v) is 2.17. The molecule has 11 heavy (non-hydrogen) atoms. The average Bonchev–Trinajstić information content (AvgIpc) is 2.45. The molecule has 1 atom stereocenters. The minimum atomic E-state index is -0.529. The molecule has 0 saturated carbocycles. The van der Waals surface area contributed by atoms with Crippen molar-refractivity contribution in [3.63, 3.8) is 0 Å². The summed E-state index contributed by atoms with van der Waals surface area (Å²) >= 11 is 0. The molecule has 3 heteroatoms. The van der Waals surface area contributed by atoms with E-state index < -0.39 is 5.83 Å². The molecular weight excluding hydrogens is 145 g/mol. The van der Waals surface area contributed by atoms with Gasteiger partial charge in [-0.1, -0.05) is 0 Å². The molecule has 0 amide bonds. The number of carbonyl (C=O) groups is 1. The van der Waals surface area contributed by atoms with Gasteiger partial charge in [-0.05, 0) is 12.0 Å². The summed E-state index contributed by atoms with van der Waals surface area (Å²) in [7, 11) is 0. The van der Waals surface area contributed by atoms with Crippen molar-refractivity contribution in [3.05, 3.63) is 11.4 Å². The third-order valence-electron chi connectivity index (χ3n) is 2.17. The lowest BCUT2D eigenvalue weighted by atomic mass is 9.93. The molecule has 0 fully saturated rings. The van der Waals surface area contributed by atoms with E-state index in [4.69, 9.17) is 0 Å². The van der Waals surface area contributed by atoms with Gasteiger partial charge < -0.3 is 0 Å². The molecule has 2 aliphatic rings. The molecule has 1 aliphatic heterocycles. The van der Waals surface area contributed by atoms with E-state index in [2.05, 4.69) is 4.99 Å². The molecular formula is C8H8FNO. The predicted molar refractivity (Wildman–Crippen MR) is 39.3 cm³/mol. The summed E-state index contributed by atoms with van der Waals surface area (Å²) in [6.07, 6.45) is 3.23. The molecule has 0 aromatic rings. The number of allylic oxidation sites excluding steroid dienone is 1. The summed E-state index contributed by atoms with van der Waals surface area (Å²) in [5.74, 6) is -0.875. The number of hydrogen-bond acceptors (Lipinski definition) is 2. The van der Waals surface area contributed by atoms with Crippen LogP contribution in [0.5, 0.6) is 0 Å². The van der Waals surface area contributed by atoms with Gasteiger partial charge in [-0.25, -0.2) is 4.39 Å². The molecule has 1 aliphatic carbocycles. The number of halogens is 1. The van der Waals surface area contributed by atoms with Crippen molar-refractivity contribution in [2.75, 3.05) is 0 Å². The van der Waals surface area contributed by atoms with Crippen LogP contribution in [0, 0.1) is 0 Å². The van der Waals surface area contributed by atoms with E-state index in [9.17, 15) is 9.18 Å². The molecule has 2 nitrogen and oxygen atoms in total. The first kappa shape index (κ1) is 6.70. The number of aliphatic imine (C=N–C) groups is 1. The van der Waals surface area contributed by atoms with E-state index in [1.54, 1.807) is 6.21 Å². The molecule has 0 aromatic heterocycles. The highest BCUT2D eigenvalue weighted by Crippen LogP contribution is 2.30. The minimum Gasteiger partial charge on any atom is -0.292 e. The number of fused-ring (bicyclic) bond motifs is 1. The molecule has 58 valence electrons. The fourth-order valence-electron chi connectivity index (χ4n) is 1.55. The Balaban J connectivity index is 2.39. The first-order valence-corrected chi connectivity index (χ1v) is 3.72. The Hall–Kier alpha value is -0.990. The standard InChI is InChI=1S/C8H8FNO/c9-8-5-3-4-10-6(5)1-2-7(8)11/h4,6H,1-3H2. The van der Waals surface area contributed by atoms with Gasteiger partial charge in [0, 0.05) is 19.1 Å². The lowest BCUT2D eigenvalue weighted by Gasteiger charge is -2.15. The van der Waals surface area contributed by atoms with Crippen LogP contribution in [0.2, 0.25) is 0 Å². The van der Waals surface area contributed by atoms with Gasteiger partial charge in [0.25, 0.3) is 0 Å². The minimum absolute atomic E-state index is 0.0206. The van der Waals surface area contributed by atoms with Gasteiger partial charge in [0.05, 0.1) is 6.04 Å². The normalized spacial score (nSPS) is 29.5. The lowest BCUT2D eigenvalue weighted by Crippen LogP contribution is -2.17. The highest BCUT2D eigenvalue weighted by Gasteiger charge is 2.29. The van der Waals surface area contributed by atoms with Crippen molar-refractivity contribution in [1.82, 2.24) is 0 Å². The molecule has 0 spiro atoms. The third kappa shape index (κ3) is 0.914. The number of Topliss-reactive ketones (excluding diaryl/α,β-unsaturated/α-hetero) is 1. The highest BCUT2D eigenvalue weighted by molar-refractivity contribution is 5.96. The van der Waals surface area contributed by atoms with Gasteiger partial charge in [-0.15, -0.1) is 0 Å². The Bertz CT molecular complexity index is 267. The van der Waals surface area contributed by atoms with Crippen LogP contribution < -0.4 is 0 Å². The summed E-state index contributed by atoms with van der Waals surface area (Å²) < 4.78 is 13.0. The molecule has 0 saturated heterocycles. The van der Waals surface area contributed by atoms with Crippen LogP contribution in [-0.4, -0.2) is 18.0 Å². The van der Waals surface area contributed by atoms with Crippen LogP contribution in [-0.2, 0) is 4.79 Å². The monoisotopic (exact) mass is 153 g/mol. The smallest absolute Gasteiger partial charge is 0.191 e. The van der Waals surface area contributed by atoms with Gasteiger partial charge in [-0.2, -0.15) is 0 Å². The number of hydrogen-bond donors (Lipinski definition) is 0. The van der Waals surface area contributed by atoms with Gasteiger partial charge in [-0.3, -0.25) is 9.79 Å². The highest BCUT2D eigenvalue weighted by atomic mass is 19.1. The Kier molecular flexibility index (Phi) is 1.37. The van der Waals surface area contributed by atoms with Gasteiger partial charge in [0.2, 0.25) is 0 Å². The number of rotatable bonds is 0. The zero-order valence-corrected chi connectivity index (χ0v) is 6.01. The van der Waals surface area contributed by atoms with Crippen molar-refractivity contribution in [2.45, 2.75) is 25.3 Å². The van der Waals surface area contributed by atoms with E-state index in [0.717, 1.165) is 0 Å². The summed E-state index contributed by atoms with van der Waals surface area (Å²) in [6, 6.07) is -0.0206. The van der Waals surface area contributed by atoms with Crippen LogP contribution in [0.3, 0.4) is 0 Å². The maximum atomic E-state index is 13.0. The van der Waals surface area contributed by atoms with E-state index in [-0.39, 0.29) is 11.8 Å². The molecule has 0 N–H and O–H groups in total. The van der Waals surface area contributed by atoms with E-state index in [0.29, 0.717) is 24.8 Å². The van der Waals surface area contributed by atoms with Crippen LogP contribution >= 0.6 is 0 Å². The maximum Gasteiger partial charge on any atom is 0.191 e. The Morgan fingerprint density at radius 2 is 2.45 bits per heavy atom. The summed E-state index contributed by atoms with van der Waals surface area (Å²) in [6.45, 7) is 0. The van der Waals surface area contributed by atoms with Crippen molar-refractivity contribution >= 4 is 12.0 Å². The first-order valence-electron chi connectivity index (χ1n) is 3.72. The van der Waals surface area contributed by atoms with Crippen molar-refractivity contribution in [2.24, 2.45) is 4.99 Å². The van der Waals surface area contributed by atoms with Crippen molar-refractivity contribution in [1.29, 1.82) is 0 Å². The van der Waals surface area contributed by atoms with Crippen LogP contribution in [0.4, 0.5) is 4.39 Å². The Morgan fingerprint density at radius 1 is 1.64 bits per heavy atom. The Morgan fingerprint density at radius 3 is 3.27 bits per heavy atom. The van der Waals surface area contributed by atoms with Crippen molar-refractivity contribution < 1.29 is 9.18 Å². The van der Waals surface area contributed by atoms with Crippen LogP contribution in [0.1, 0.15) is 19.3 Å². The summed E-state index contributed by atoms with van der Waals surface area (Å²) in [5.41, 5.74) is 0.598. The fraction of sp³-hybridized carbons (Fsp3) is 0.500. The lowest BCUT2D eigenvalue weighted by molar-refractivity contribution is -0.117. The van der Waals surface area contributed by atoms with Gasteiger partial charge in [0.1, 0.15) is 0 Å². The average molecular weight is 153 g/mol. The zero-order chi connectivity index (χ0) is 7.84. The molecule has 0 radical (unpaired) electrons. The maximum absolute atomic E-state index is 13.0. The van der Waals surface area contributed by atoms with Crippen molar-refractivity contribution in [3.8, 4) is 0 Å². The number of ketones is 1. The molecule has 2 rings (SSSR count). The number of carbonyl (C=O) groups excluding carboxylic acids is 1. The van der Waals surface area contributed by atoms with Gasteiger partial charge >= 0.3 is 0 Å². The second-order valence-corrected chi connectivity index (χ2v) is 2.85.